The molecule has 1 saturated heterocycles. The van der Waals surface area contributed by atoms with E-state index >= 15 is 0 Å². The fourth-order valence-electron chi connectivity index (χ4n) is 3.46. The largest absolute Gasteiger partial charge is 0.370 e. The maximum Gasteiger partial charge on any atom is 0.327 e. The van der Waals surface area contributed by atoms with Crippen molar-refractivity contribution in [1.82, 2.24) is 9.13 Å². The van der Waals surface area contributed by atoms with Crippen molar-refractivity contribution in [2.24, 2.45) is 7.05 Å². The van der Waals surface area contributed by atoms with E-state index in [-0.39, 0.29) is 17.4 Å². The van der Waals surface area contributed by atoms with Crippen LogP contribution < -0.4 is 5.69 Å². The Morgan fingerprint density at radius 2 is 2.06 bits per heavy atom. The second-order valence-corrected chi connectivity index (χ2v) is 5.87. The van der Waals surface area contributed by atoms with Gasteiger partial charge in [0.05, 0.1) is 18.2 Å². The summed E-state index contributed by atoms with van der Waals surface area (Å²) in [5, 5.41) is 0. The highest BCUT2D eigenvalue weighted by Gasteiger charge is 2.40. The highest BCUT2D eigenvalue weighted by molar-refractivity contribution is 4.92. The molecular formula is C14H22N2O2. The Morgan fingerprint density at radius 1 is 1.28 bits per heavy atom. The number of ether oxygens (including phenoxy) is 1. The number of hydrogen-bond acceptors (Lipinski definition) is 2. The average Bonchev–Trinajstić information content (AvgIpc) is 2.90. The van der Waals surface area contributed by atoms with Gasteiger partial charge in [0.25, 0.3) is 0 Å². The molecule has 1 atom stereocenters. The predicted octanol–water partition coefficient (Wildman–Crippen LogP) is 2.07. The quantitative estimate of drug-likeness (QED) is 0.805. The summed E-state index contributed by atoms with van der Waals surface area (Å²) < 4.78 is 9.68. The SMILES string of the molecule is Cn1ccn(CC2CCC3(CCCCC3)O2)c1=O. The Labute approximate surface area is 108 Å². The van der Waals surface area contributed by atoms with E-state index in [1.54, 1.807) is 16.2 Å². The Hall–Kier alpha value is -1.03. The number of aromatic nitrogens is 2. The Bertz CT molecular complexity index is 468. The molecule has 18 heavy (non-hydrogen) atoms. The third-order valence-corrected chi connectivity index (χ3v) is 4.52. The van der Waals surface area contributed by atoms with Crippen LogP contribution in [0.5, 0.6) is 0 Å². The second kappa shape index (κ2) is 4.57. The van der Waals surface area contributed by atoms with Gasteiger partial charge in [-0.2, -0.15) is 0 Å². The molecule has 2 heterocycles. The van der Waals surface area contributed by atoms with Gasteiger partial charge in [-0.15, -0.1) is 0 Å². The molecule has 0 N–H and O–H groups in total. The first-order valence-electron chi connectivity index (χ1n) is 7.08. The van der Waals surface area contributed by atoms with Crippen LogP contribution in [0.3, 0.4) is 0 Å². The van der Waals surface area contributed by atoms with E-state index < -0.39 is 0 Å². The van der Waals surface area contributed by atoms with Gasteiger partial charge >= 0.3 is 5.69 Å². The minimum atomic E-state index is 0.0585. The first-order valence-corrected chi connectivity index (χ1v) is 7.08. The summed E-state index contributed by atoms with van der Waals surface area (Å²) in [6.07, 6.45) is 12.6. The monoisotopic (exact) mass is 250 g/mol. The van der Waals surface area contributed by atoms with Crippen LogP contribution in [0.25, 0.3) is 0 Å². The molecule has 1 aliphatic heterocycles. The lowest BCUT2D eigenvalue weighted by molar-refractivity contribution is -0.0682. The lowest BCUT2D eigenvalue weighted by atomic mass is 9.83. The average molecular weight is 250 g/mol. The van der Waals surface area contributed by atoms with Gasteiger partial charge in [-0.05, 0) is 25.7 Å². The summed E-state index contributed by atoms with van der Waals surface area (Å²) in [6.45, 7) is 0.710. The molecule has 1 aromatic rings. The topological polar surface area (TPSA) is 36.2 Å². The smallest absolute Gasteiger partial charge is 0.327 e. The minimum absolute atomic E-state index is 0.0585. The number of imidazole rings is 1. The standard InChI is InChI=1S/C14H22N2O2/c1-15-9-10-16(13(15)17)11-12-5-8-14(18-12)6-3-2-4-7-14/h9-10,12H,2-8,11H2,1H3. The summed E-state index contributed by atoms with van der Waals surface area (Å²) in [6, 6.07) is 0. The third kappa shape index (κ3) is 2.14. The summed E-state index contributed by atoms with van der Waals surface area (Å²) in [5.41, 5.74) is 0.213. The highest BCUT2D eigenvalue weighted by Crippen LogP contribution is 2.42. The number of aryl methyl sites for hydroxylation is 1. The van der Waals surface area contributed by atoms with Gasteiger partial charge in [-0.25, -0.2) is 4.79 Å². The van der Waals surface area contributed by atoms with Crippen molar-refractivity contribution in [3.05, 3.63) is 22.9 Å². The normalized spacial score (nSPS) is 26.8. The van der Waals surface area contributed by atoms with Crippen LogP contribution >= 0.6 is 0 Å². The van der Waals surface area contributed by atoms with Crippen LogP contribution in [0.4, 0.5) is 0 Å². The highest BCUT2D eigenvalue weighted by atomic mass is 16.5. The molecule has 1 spiro atoms. The molecule has 0 aromatic carbocycles. The molecule has 1 aromatic heterocycles. The molecule has 2 aliphatic rings. The molecule has 0 amide bonds. The van der Waals surface area contributed by atoms with Crippen LogP contribution in [-0.4, -0.2) is 20.8 Å². The zero-order chi connectivity index (χ0) is 12.6. The van der Waals surface area contributed by atoms with Gasteiger partial charge in [-0.1, -0.05) is 19.3 Å². The van der Waals surface area contributed by atoms with Crippen LogP contribution in [0, 0.1) is 0 Å². The Kier molecular flexibility index (Phi) is 3.06. The van der Waals surface area contributed by atoms with E-state index in [0.29, 0.717) is 6.54 Å². The molecule has 2 fully saturated rings. The van der Waals surface area contributed by atoms with Crippen molar-refractivity contribution < 1.29 is 4.74 Å². The molecule has 0 radical (unpaired) electrons. The molecule has 4 nitrogen and oxygen atoms in total. The van der Waals surface area contributed by atoms with Crippen molar-refractivity contribution >= 4 is 0 Å². The van der Waals surface area contributed by atoms with Gasteiger partial charge in [0.15, 0.2) is 0 Å². The summed E-state index contributed by atoms with van der Waals surface area (Å²) in [5.74, 6) is 0. The van der Waals surface area contributed by atoms with Crippen molar-refractivity contribution in [3.8, 4) is 0 Å². The molecule has 4 heteroatoms. The maximum atomic E-state index is 11.8. The zero-order valence-electron chi connectivity index (χ0n) is 11.1. The van der Waals surface area contributed by atoms with Crippen LogP contribution in [0.2, 0.25) is 0 Å². The summed E-state index contributed by atoms with van der Waals surface area (Å²) in [4.78, 5) is 11.8. The van der Waals surface area contributed by atoms with E-state index in [2.05, 4.69) is 0 Å². The molecule has 1 saturated carbocycles. The van der Waals surface area contributed by atoms with Crippen LogP contribution in [0.1, 0.15) is 44.9 Å². The fourth-order valence-corrected chi connectivity index (χ4v) is 3.46. The molecule has 1 unspecified atom stereocenters. The Balaban J connectivity index is 1.65. The number of rotatable bonds is 2. The van der Waals surface area contributed by atoms with E-state index in [4.69, 9.17) is 4.74 Å². The van der Waals surface area contributed by atoms with Crippen molar-refractivity contribution in [2.75, 3.05) is 0 Å². The summed E-state index contributed by atoms with van der Waals surface area (Å²) in [7, 11) is 1.79. The molecule has 0 bridgehead atoms. The van der Waals surface area contributed by atoms with E-state index in [9.17, 15) is 4.79 Å². The van der Waals surface area contributed by atoms with Gasteiger partial charge in [0.2, 0.25) is 0 Å². The van der Waals surface area contributed by atoms with E-state index in [1.807, 2.05) is 12.4 Å². The lowest BCUT2D eigenvalue weighted by Crippen LogP contribution is -2.33. The van der Waals surface area contributed by atoms with Crippen LogP contribution in [0.15, 0.2) is 17.2 Å². The number of nitrogens with zero attached hydrogens (tertiary/aromatic N) is 2. The van der Waals surface area contributed by atoms with Gasteiger partial charge in [0.1, 0.15) is 0 Å². The second-order valence-electron chi connectivity index (χ2n) is 5.87. The molecule has 1 aliphatic carbocycles. The number of hydrogen-bond donors (Lipinski definition) is 0. The van der Waals surface area contributed by atoms with Gasteiger partial charge in [0, 0.05) is 19.4 Å². The van der Waals surface area contributed by atoms with E-state index in [0.717, 1.165) is 6.42 Å². The third-order valence-electron chi connectivity index (χ3n) is 4.52. The Morgan fingerprint density at radius 3 is 2.72 bits per heavy atom. The molecule has 3 rings (SSSR count). The molecule has 100 valence electrons. The summed E-state index contributed by atoms with van der Waals surface area (Å²) >= 11 is 0. The van der Waals surface area contributed by atoms with Crippen molar-refractivity contribution in [2.45, 2.75) is 63.2 Å². The van der Waals surface area contributed by atoms with E-state index in [1.165, 1.54) is 38.5 Å². The van der Waals surface area contributed by atoms with Crippen molar-refractivity contribution in [1.29, 1.82) is 0 Å². The zero-order valence-corrected chi connectivity index (χ0v) is 11.1. The maximum absolute atomic E-state index is 11.8. The lowest BCUT2D eigenvalue weighted by Gasteiger charge is -2.33. The first-order chi connectivity index (χ1) is 8.69. The first kappa shape index (κ1) is 12.0. The minimum Gasteiger partial charge on any atom is -0.370 e. The fraction of sp³-hybridized carbons (Fsp3) is 0.786. The molecular weight excluding hydrogens is 228 g/mol. The van der Waals surface area contributed by atoms with Gasteiger partial charge < -0.3 is 9.30 Å². The van der Waals surface area contributed by atoms with Crippen LogP contribution in [-0.2, 0) is 18.3 Å². The predicted molar refractivity (Wildman–Crippen MR) is 69.6 cm³/mol. The van der Waals surface area contributed by atoms with Gasteiger partial charge in [-0.3, -0.25) is 4.57 Å². The van der Waals surface area contributed by atoms with Crippen molar-refractivity contribution in [3.63, 3.8) is 0 Å².